The zero-order chi connectivity index (χ0) is 101. The van der Waals surface area contributed by atoms with Crippen molar-refractivity contribution >= 4 is 178 Å². The number of rotatable bonds is 15. The number of carbonyl (C=O) groups is 3. The Morgan fingerprint density at radius 1 is 0.399 bits per heavy atom. The number of hydrogen-bond acceptors (Lipinski definition) is 21. The predicted octanol–water partition coefficient (Wildman–Crippen LogP) is 19.9. The molecule has 27 nitrogen and oxygen atoms in total. The lowest BCUT2D eigenvalue weighted by molar-refractivity contribution is -0.129. The number of amides is 3. The summed E-state index contributed by atoms with van der Waals surface area (Å²) in [6, 6.07) is 14.5. The second kappa shape index (κ2) is 40.5. The summed E-state index contributed by atoms with van der Waals surface area (Å²) in [5, 5.41) is 28.3. The zero-order valence-corrected chi connectivity index (χ0v) is 81.8. The van der Waals surface area contributed by atoms with Gasteiger partial charge in [-0.05, 0) is 131 Å². The number of carbonyl (C=O) groups excluding carboxylic acids is 3. The number of halogens is 15. The van der Waals surface area contributed by atoms with E-state index in [-0.39, 0.29) is 206 Å². The number of nitrogen functional groups attached to an aromatic ring is 3. The minimum atomic E-state index is -1.68. The van der Waals surface area contributed by atoms with E-state index >= 15 is 17.6 Å². The van der Waals surface area contributed by atoms with Crippen LogP contribution in [-0.4, -0.2) is 153 Å². The highest BCUT2D eigenvalue weighted by molar-refractivity contribution is 6.46. The van der Waals surface area contributed by atoms with Crippen molar-refractivity contribution in [1.82, 2.24) is 58.3 Å². The van der Waals surface area contributed by atoms with Crippen molar-refractivity contribution in [2.24, 2.45) is 0 Å². The molecule has 42 heteroatoms. The fraction of sp³-hybridized carbons (Fsp3) is 0.281. The van der Waals surface area contributed by atoms with Gasteiger partial charge >= 0.3 is 0 Å². The van der Waals surface area contributed by atoms with E-state index in [0.717, 1.165) is 0 Å². The summed E-state index contributed by atoms with van der Waals surface area (Å²) >= 11 is 50.7. The molecule has 3 aliphatic rings. The van der Waals surface area contributed by atoms with Crippen LogP contribution < -0.4 is 48.6 Å². The molecule has 0 saturated carbocycles. The number of nitriles is 3. The van der Waals surface area contributed by atoms with Crippen LogP contribution in [0.1, 0.15) is 131 Å². The van der Waals surface area contributed by atoms with E-state index in [9.17, 15) is 57.7 Å². The molecule has 3 fully saturated rings. The first-order chi connectivity index (χ1) is 65.2. The lowest BCUT2D eigenvalue weighted by Gasteiger charge is -2.41. The van der Waals surface area contributed by atoms with Gasteiger partial charge < -0.3 is 46.6 Å². The molecule has 6 N–H and O–H groups in total. The molecule has 12 aromatic rings. The van der Waals surface area contributed by atoms with Crippen LogP contribution in [0.3, 0.4) is 0 Å². The van der Waals surface area contributed by atoms with Gasteiger partial charge in [0.15, 0.2) is 40.7 Å². The average Bonchev–Trinajstić information content (AvgIpc) is 0.726. The molecule has 0 radical (unpaired) electrons. The van der Waals surface area contributed by atoms with Gasteiger partial charge in [0.25, 0.3) is 16.7 Å². The number of aryl methyl sites for hydroxylation is 3. The van der Waals surface area contributed by atoms with Gasteiger partial charge in [-0.15, -0.1) is 0 Å². The lowest BCUT2D eigenvalue weighted by atomic mass is 10.0. The summed E-state index contributed by atoms with van der Waals surface area (Å²) in [5.74, 6) is -10.9. The van der Waals surface area contributed by atoms with Crippen molar-refractivity contribution in [3.05, 3.63) is 255 Å². The Kier molecular flexibility index (Phi) is 30.1. The molecule has 0 unspecified atom stereocenters. The summed E-state index contributed by atoms with van der Waals surface area (Å²) in [4.78, 5) is 118. The molecule has 9 aromatic heterocycles. The number of anilines is 6. The maximum Gasteiger partial charge on any atom is 0.276 e. The van der Waals surface area contributed by atoms with Crippen LogP contribution in [0.5, 0.6) is 0 Å². The van der Waals surface area contributed by atoms with Gasteiger partial charge in [0, 0.05) is 112 Å². The van der Waals surface area contributed by atoms with Gasteiger partial charge in [0.1, 0.15) is 68.2 Å². The Hall–Kier alpha value is -13.1. The number of benzene rings is 3. The van der Waals surface area contributed by atoms with Crippen LogP contribution in [0.2, 0.25) is 40.2 Å². The first-order valence-electron chi connectivity index (χ1n) is 42.6. The van der Waals surface area contributed by atoms with Crippen LogP contribution in [-0.2, 0) is 14.4 Å². The summed E-state index contributed by atoms with van der Waals surface area (Å²) in [6.07, 6.45) is 8.47. The number of piperazine rings is 3. The molecule has 3 aliphatic heterocycles. The summed E-state index contributed by atoms with van der Waals surface area (Å²) < 4.78 is 110. The van der Waals surface area contributed by atoms with Gasteiger partial charge in [0.2, 0.25) is 17.7 Å². The second-order valence-electron chi connectivity index (χ2n) is 33.8. The van der Waals surface area contributed by atoms with Crippen LogP contribution in [0, 0.1) is 95.5 Å². The van der Waals surface area contributed by atoms with E-state index < -0.39 is 122 Å². The summed E-state index contributed by atoms with van der Waals surface area (Å²) in [7, 11) is 0. The Morgan fingerprint density at radius 3 is 0.920 bits per heavy atom. The Labute approximate surface area is 825 Å². The topological polar surface area (TPSA) is 363 Å². The monoisotopic (exact) mass is 2040 g/mol. The largest absolute Gasteiger partial charge is 0.395 e. The lowest BCUT2D eigenvalue weighted by Crippen LogP contribution is -2.54. The number of aromatic nitrogens is 9. The second-order valence-corrected chi connectivity index (χ2v) is 36.9. The molecule has 0 aliphatic carbocycles. The average molecular weight is 2040 g/mol. The number of pyridine rings is 9. The molecule has 3 amide bonds. The predicted molar refractivity (Wildman–Crippen MR) is 526 cm³/mol. The van der Waals surface area contributed by atoms with E-state index in [2.05, 4.69) is 51.8 Å². The highest BCUT2D eigenvalue weighted by Crippen LogP contribution is 2.50. The van der Waals surface area contributed by atoms with Crippen molar-refractivity contribution in [1.29, 1.82) is 15.8 Å². The Balaban J connectivity index is 0.000000175. The third-order valence-electron chi connectivity index (χ3n) is 24.1. The minimum absolute atomic E-state index is 0.00290. The van der Waals surface area contributed by atoms with Crippen molar-refractivity contribution in [2.75, 3.05) is 90.8 Å². The standard InChI is InChI=1S/2C32H28Cl3F2N7O2.C32H28Cl2F3N7O2/c2*1-6-20(45)43-10-9-42(13-16(43)5)30-17-11-19(33)28(21-22(34)23(35)25(37)26(39)24(21)36)41-31(17)44(32(46)18(30)12-38)29-15(4)7-8-40-27(29)14(2)3;1-6-20(45)43-10-9-42(13-16(43)5)30-17-11-19(33)28(21-23(35)25(37)22(34)26(39)24(21)36)41-31(17)44(32(46)18(30)12-38)29-15(4)7-8-40-27(29)14(2)3/h3*6-8,11,14,16H,1,9-10,13,39H2,2-5H3/t3*16-/m111/s1. The molecule has 0 spiro atoms. The first kappa shape index (κ1) is 102. The number of hydrogen-bond donors (Lipinski definition) is 3. The van der Waals surface area contributed by atoms with E-state index in [4.69, 9.17) is 120 Å². The smallest absolute Gasteiger partial charge is 0.276 e. The molecule has 12 heterocycles. The zero-order valence-electron chi connectivity index (χ0n) is 75.8. The summed E-state index contributed by atoms with van der Waals surface area (Å²) in [6.45, 7) is 35.2. The van der Waals surface area contributed by atoms with Gasteiger partial charge in [-0.2, -0.15) is 15.8 Å². The van der Waals surface area contributed by atoms with Crippen molar-refractivity contribution in [3.8, 4) is 69.0 Å². The van der Waals surface area contributed by atoms with Gasteiger partial charge in [0.05, 0.1) is 126 Å². The van der Waals surface area contributed by atoms with Crippen LogP contribution in [0.15, 0.2) is 107 Å². The van der Waals surface area contributed by atoms with Crippen molar-refractivity contribution in [2.45, 2.75) is 119 Å². The first-order valence-corrected chi connectivity index (χ1v) is 45.6. The third kappa shape index (κ3) is 17.9. The molecule has 3 aromatic carbocycles. The van der Waals surface area contributed by atoms with Gasteiger partial charge in [-0.3, -0.25) is 57.4 Å². The molecular formula is C96H84Cl8F7N21O6. The molecule has 3 atom stereocenters. The highest BCUT2D eigenvalue weighted by atomic mass is 35.5. The van der Waals surface area contributed by atoms with E-state index in [1.807, 2.05) is 78.2 Å². The van der Waals surface area contributed by atoms with Gasteiger partial charge in [-0.1, -0.05) is 154 Å². The number of nitrogens with two attached hydrogens (primary N) is 3. The normalized spacial score (nSPS) is 15.0. The maximum atomic E-state index is 15.6. The number of fused-ring (bicyclic) bond motifs is 3. The quantitative estimate of drug-likeness (QED) is 0.0282. The fourth-order valence-corrected chi connectivity index (χ4v) is 19.3. The van der Waals surface area contributed by atoms with E-state index in [1.165, 1.54) is 50.1 Å². The number of nitrogens with zero attached hydrogens (tertiary/aromatic N) is 18. The maximum absolute atomic E-state index is 15.6. The van der Waals surface area contributed by atoms with E-state index in [0.29, 0.717) is 50.8 Å². The molecule has 15 rings (SSSR count). The van der Waals surface area contributed by atoms with Crippen LogP contribution >= 0.6 is 92.8 Å². The Morgan fingerprint density at radius 2 is 0.667 bits per heavy atom. The highest BCUT2D eigenvalue weighted by Gasteiger charge is 2.40. The molecule has 3 saturated heterocycles. The van der Waals surface area contributed by atoms with Crippen molar-refractivity contribution < 1.29 is 45.1 Å². The van der Waals surface area contributed by atoms with Crippen molar-refractivity contribution in [3.63, 3.8) is 0 Å². The minimum Gasteiger partial charge on any atom is -0.395 e. The van der Waals surface area contributed by atoms with E-state index in [1.54, 1.807) is 77.2 Å². The van der Waals surface area contributed by atoms with Crippen LogP contribution in [0.25, 0.3) is 83.9 Å². The third-order valence-corrected chi connectivity index (χ3v) is 27.0. The Bertz CT molecular complexity index is 6790. The SMILES string of the molecule is C=CC(=O)N1CCN(c2c(C#N)c(=O)n(-c3c(C)ccnc3C(C)C)c3nc(-c4c(F)c(N)c(Cl)c(F)c4F)c(Cl)cc23)C[C@H]1C.C=CC(=O)N1CCN(c2c(C#N)c(=O)n(-c3c(C)ccnc3C(C)C)c3nc(-c4c(F)c(N)c(F)c(Cl)c4Cl)c(Cl)cc23)C[C@H]1C.C=CC(=O)N1CCN(c2c(C#N)c(=O)n(-c3c(C)ccnc3C(C)C)c3nc(-c4c(F)c(N)c(F)c(Cl)c4Cl)c(Cl)cc23)C[C@H]1C. The fourth-order valence-electron chi connectivity index (χ4n) is 17.5. The van der Waals surface area contributed by atoms with Gasteiger partial charge in [-0.25, -0.2) is 45.7 Å². The molecular weight excluding hydrogens is 1960 g/mol. The van der Waals surface area contributed by atoms with Crippen LogP contribution in [0.4, 0.5) is 64.9 Å². The summed E-state index contributed by atoms with van der Waals surface area (Å²) in [5.41, 5.74) is 13.8. The molecule has 138 heavy (non-hydrogen) atoms. The molecule has 714 valence electrons. The molecule has 0 bridgehead atoms.